The van der Waals surface area contributed by atoms with Crippen molar-refractivity contribution >= 4 is 28.3 Å². The van der Waals surface area contributed by atoms with Gasteiger partial charge < -0.3 is 25.0 Å². The second-order valence-corrected chi connectivity index (χ2v) is 8.75. The third-order valence-electron chi connectivity index (χ3n) is 5.62. The van der Waals surface area contributed by atoms with Crippen LogP contribution in [0.3, 0.4) is 0 Å². The number of benzene rings is 1. The minimum atomic E-state index is -0.815. The van der Waals surface area contributed by atoms with Crippen molar-refractivity contribution in [2.75, 3.05) is 23.8 Å². The number of nitrogens with zero attached hydrogens (tertiary/aromatic N) is 4. The van der Waals surface area contributed by atoms with Gasteiger partial charge in [0.05, 0.1) is 24.2 Å². The highest BCUT2D eigenvalue weighted by Gasteiger charge is 2.32. The molecule has 5 rings (SSSR count). The summed E-state index contributed by atoms with van der Waals surface area (Å²) in [5.74, 6) is 0.575. The van der Waals surface area contributed by atoms with E-state index in [9.17, 15) is 9.90 Å². The molecule has 3 aromatic rings. The first-order valence-electron chi connectivity index (χ1n) is 10.2. The van der Waals surface area contributed by atoms with E-state index in [-0.39, 0.29) is 23.2 Å². The van der Waals surface area contributed by atoms with Crippen LogP contribution in [0.1, 0.15) is 48.5 Å². The van der Waals surface area contributed by atoms with Crippen molar-refractivity contribution in [2.24, 2.45) is 0 Å². The highest BCUT2D eigenvalue weighted by atomic mass is 16.5. The van der Waals surface area contributed by atoms with E-state index in [1.54, 1.807) is 4.90 Å². The molecule has 0 atom stereocenters. The summed E-state index contributed by atoms with van der Waals surface area (Å²) < 4.78 is 7.77. The van der Waals surface area contributed by atoms with Gasteiger partial charge in [-0.3, -0.25) is 4.79 Å². The third-order valence-corrected chi connectivity index (χ3v) is 5.62. The number of anilines is 2. The second kappa shape index (κ2) is 6.70. The zero-order valence-corrected chi connectivity index (χ0v) is 17.1. The molecule has 0 saturated heterocycles. The van der Waals surface area contributed by atoms with Gasteiger partial charge in [0.15, 0.2) is 0 Å². The number of carbonyl (C=O) groups is 1. The van der Waals surface area contributed by atoms with Crippen LogP contribution in [0.2, 0.25) is 0 Å². The Hall–Kier alpha value is -3.13. The standard InChI is InChI=1S/C22H25N5O3/c1-22(2,29)11-26-6-5-14-9-15(10-16(18(14)26)13-3-4-13)27-7-8-30-20-17(21(27)28)19(23)24-12-25-20/h5-6,9-10,12-13,29H,3-4,7-8,11H2,1-2H3,(H2,23,24,25). The Morgan fingerprint density at radius 3 is 2.83 bits per heavy atom. The molecule has 1 fully saturated rings. The second-order valence-electron chi connectivity index (χ2n) is 8.75. The lowest BCUT2D eigenvalue weighted by Gasteiger charge is -2.23. The van der Waals surface area contributed by atoms with Crippen LogP contribution in [0.5, 0.6) is 5.88 Å². The zero-order valence-electron chi connectivity index (χ0n) is 17.1. The quantitative estimate of drug-likeness (QED) is 0.689. The topological polar surface area (TPSA) is 106 Å². The molecule has 0 unspecified atom stereocenters. The fourth-order valence-corrected chi connectivity index (χ4v) is 4.19. The summed E-state index contributed by atoms with van der Waals surface area (Å²) in [4.78, 5) is 23.1. The number of carbonyl (C=O) groups excluding carboxylic acids is 1. The van der Waals surface area contributed by atoms with Gasteiger partial charge in [0.1, 0.15) is 24.3 Å². The molecule has 2 aliphatic rings. The molecular weight excluding hydrogens is 382 g/mol. The smallest absolute Gasteiger partial charge is 0.267 e. The molecule has 1 aliphatic carbocycles. The number of aliphatic hydroxyl groups is 1. The van der Waals surface area contributed by atoms with Crippen LogP contribution in [-0.4, -0.2) is 44.3 Å². The van der Waals surface area contributed by atoms with Crippen LogP contribution in [0.25, 0.3) is 10.9 Å². The number of hydrogen-bond donors (Lipinski definition) is 2. The van der Waals surface area contributed by atoms with Crippen molar-refractivity contribution in [1.82, 2.24) is 14.5 Å². The summed E-state index contributed by atoms with van der Waals surface area (Å²) >= 11 is 0. The molecule has 8 heteroatoms. The molecule has 30 heavy (non-hydrogen) atoms. The highest BCUT2D eigenvalue weighted by Crippen LogP contribution is 2.45. The Balaban J connectivity index is 1.61. The maximum atomic E-state index is 13.3. The van der Waals surface area contributed by atoms with Gasteiger partial charge in [-0.05, 0) is 56.4 Å². The van der Waals surface area contributed by atoms with Crippen LogP contribution in [0.4, 0.5) is 11.5 Å². The molecule has 8 nitrogen and oxygen atoms in total. The first kappa shape index (κ1) is 18.9. The van der Waals surface area contributed by atoms with E-state index in [1.165, 1.54) is 11.9 Å². The molecule has 2 aromatic heterocycles. The Morgan fingerprint density at radius 1 is 1.30 bits per heavy atom. The molecule has 1 aromatic carbocycles. The van der Waals surface area contributed by atoms with Crippen LogP contribution < -0.4 is 15.4 Å². The van der Waals surface area contributed by atoms with Crippen LogP contribution in [-0.2, 0) is 6.54 Å². The summed E-state index contributed by atoms with van der Waals surface area (Å²) in [7, 11) is 0. The van der Waals surface area contributed by atoms with Gasteiger partial charge in [0.2, 0.25) is 5.88 Å². The van der Waals surface area contributed by atoms with E-state index in [4.69, 9.17) is 10.5 Å². The fraction of sp³-hybridized carbons (Fsp3) is 0.409. The summed E-state index contributed by atoms with van der Waals surface area (Å²) in [6, 6.07) is 6.16. The van der Waals surface area contributed by atoms with E-state index in [2.05, 4.69) is 20.6 Å². The lowest BCUT2D eigenvalue weighted by molar-refractivity contribution is 0.0628. The predicted octanol–water partition coefficient (Wildman–Crippen LogP) is 2.70. The van der Waals surface area contributed by atoms with Crippen molar-refractivity contribution in [3.8, 4) is 5.88 Å². The number of amides is 1. The van der Waals surface area contributed by atoms with Crippen molar-refractivity contribution in [1.29, 1.82) is 0 Å². The van der Waals surface area contributed by atoms with Crippen molar-refractivity contribution in [3.05, 3.63) is 41.9 Å². The van der Waals surface area contributed by atoms with E-state index < -0.39 is 5.60 Å². The normalized spacial score (nSPS) is 17.0. The molecule has 1 amide bonds. The number of nitrogens with two attached hydrogens (primary N) is 1. The fourth-order valence-electron chi connectivity index (χ4n) is 4.19. The maximum absolute atomic E-state index is 13.3. The first-order chi connectivity index (χ1) is 14.3. The predicted molar refractivity (Wildman–Crippen MR) is 114 cm³/mol. The Kier molecular flexibility index (Phi) is 4.21. The monoisotopic (exact) mass is 407 g/mol. The van der Waals surface area contributed by atoms with Gasteiger partial charge >= 0.3 is 0 Å². The average Bonchev–Trinajstić information content (AvgIpc) is 3.47. The van der Waals surface area contributed by atoms with E-state index in [1.807, 2.05) is 32.2 Å². The van der Waals surface area contributed by atoms with Crippen molar-refractivity contribution < 1.29 is 14.6 Å². The largest absolute Gasteiger partial charge is 0.475 e. The van der Waals surface area contributed by atoms with Crippen LogP contribution in [0, 0.1) is 0 Å². The summed E-state index contributed by atoms with van der Waals surface area (Å²) in [6.07, 6.45) is 5.58. The lowest BCUT2D eigenvalue weighted by atomic mass is 10.0. The van der Waals surface area contributed by atoms with Gasteiger partial charge in [0.25, 0.3) is 5.91 Å². The zero-order chi connectivity index (χ0) is 21.0. The molecular formula is C22H25N5O3. The average molecular weight is 407 g/mol. The lowest BCUT2D eigenvalue weighted by Crippen LogP contribution is -2.33. The van der Waals surface area contributed by atoms with Gasteiger partial charge in [-0.25, -0.2) is 9.97 Å². The van der Waals surface area contributed by atoms with Crippen molar-refractivity contribution in [3.63, 3.8) is 0 Å². The van der Waals surface area contributed by atoms with Crippen LogP contribution in [0.15, 0.2) is 30.7 Å². The first-order valence-corrected chi connectivity index (χ1v) is 10.2. The minimum Gasteiger partial charge on any atom is -0.475 e. The maximum Gasteiger partial charge on any atom is 0.267 e. The molecule has 1 saturated carbocycles. The molecule has 3 N–H and O–H groups in total. The Bertz CT molecular complexity index is 1140. The molecule has 0 bridgehead atoms. The van der Waals surface area contributed by atoms with Crippen molar-refractivity contribution in [2.45, 2.75) is 44.8 Å². The minimum absolute atomic E-state index is 0.122. The molecule has 0 spiro atoms. The number of hydrogen-bond acceptors (Lipinski definition) is 6. The SMILES string of the molecule is CC(C)(O)Cn1ccc2cc(N3CCOc4ncnc(N)c4C3=O)cc(C3CC3)c21. The number of aromatic nitrogens is 3. The number of fused-ring (bicyclic) bond motifs is 2. The summed E-state index contributed by atoms with van der Waals surface area (Å²) in [5, 5.41) is 11.4. The van der Waals surface area contributed by atoms with E-state index >= 15 is 0 Å². The molecule has 3 heterocycles. The number of nitrogen functional groups attached to an aromatic ring is 1. The summed E-state index contributed by atoms with van der Waals surface area (Å²) in [6.45, 7) is 4.85. The van der Waals surface area contributed by atoms with Gasteiger partial charge in [-0.2, -0.15) is 0 Å². The highest BCUT2D eigenvalue weighted by molar-refractivity contribution is 6.11. The van der Waals surface area contributed by atoms with Gasteiger partial charge in [0, 0.05) is 17.3 Å². The Labute approximate surface area is 174 Å². The van der Waals surface area contributed by atoms with E-state index in [0.717, 1.165) is 29.4 Å². The van der Waals surface area contributed by atoms with Gasteiger partial charge in [-0.15, -0.1) is 0 Å². The van der Waals surface area contributed by atoms with Crippen LogP contribution >= 0.6 is 0 Å². The third kappa shape index (κ3) is 3.27. The number of rotatable bonds is 4. The number of ether oxygens (including phenoxy) is 1. The molecule has 1 aliphatic heterocycles. The summed E-state index contributed by atoms with van der Waals surface area (Å²) in [5.41, 5.74) is 8.53. The molecule has 0 radical (unpaired) electrons. The van der Waals surface area contributed by atoms with E-state index in [0.29, 0.717) is 25.6 Å². The van der Waals surface area contributed by atoms with Gasteiger partial charge in [-0.1, -0.05) is 0 Å². The molecule has 156 valence electrons. The Morgan fingerprint density at radius 2 is 2.10 bits per heavy atom.